The number of likely N-dealkylation sites (tertiary alicyclic amines) is 1. The summed E-state index contributed by atoms with van der Waals surface area (Å²) in [5.41, 5.74) is 1.11. The molecular formula is C20H27N3O2. The lowest BCUT2D eigenvalue weighted by molar-refractivity contribution is 0.0416. The molecule has 0 atom stereocenters. The predicted molar refractivity (Wildman–Crippen MR) is 101 cm³/mol. The van der Waals surface area contributed by atoms with E-state index in [-0.39, 0.29) is 6.03 Å². The summed E-state index contributed by atoms with van der Waals surface area (Å²) in [5.74, 6) is 0. The molecule has 134 valence electrons. The Hall–Kier alpha value is -2.11. The first-order valence-electron chi connectivity index (χ1n) is 8.99. The summed E-state index contributed by atoms with van der Waals surface area (Å²) in [6.07, 6.45) is 2.55. The van der Waals surface area contributed by atoms with Crippen LogP contribution in [0.25, 0.3) is 10.8 Å². The van der Waals surface area contributed by atoms with E-state index in [1.54, 1.807) is 7.11 Å². The summed E-state index contributed by atoms with van der Waals surface area (Å²) in [5, 5.41) is 8.28. The summed E-state index contributed by atoms with van der Waals surface area (Å²) in [7, 11) is 1.78. The fourth-order valence-corrected chi connectivity index (χ4v) is 3.29. The highest BCUT2D eigenvalue weighted by molar-refractivity contribution is 5.83. The summed E-state index contributed by atoms with van der Waals surface area (Å²) >= 11 is 0. The molecule has 0 aliphatic carbocycles. The zero-order valence-corrected chi connectivity index (χ0v) is 14.8. The Bertz CT molecular complexity index is 696. The van der Waals surface area contributed by atoms with E-state index >= 15 is 0 Å². The van der Waals surface area contributed by atoms with Crippen molar-refractivity contribution in [2.75, 3.05) is 33.3 Å². The van der Waals surface area contributed by atoms with Crippen LogP contribution in [-0.2, 0) is 11.3 Å². The molecule has 0 unspecified atom stereocenters. The summed E-state index contributed by atoms with van der Waals surface area (Å²) in [6.45, 7) is 4.18. The second-order valence-electron chi connectivity index (χ2n) is 6.57. The maximum Gasteiger partial charge on any atom is 0.315 e. The van der Waals surface area contributed by atoms with Gasteiger partial charge in [-0.1, -0.05) is 36.4 Å². The second kappa shape index (κ2) is 8.83. The Morgan fingerprint density at radius 1 is 1.12 bits per heavy atom. The number of urea groups is 1. The van der Waals surface area contributed by atoms with Crippen LogP contribution in [0.15, 0.2) is 42.5 Å². The number of benzene rings is 2. The summed E-state index contributed by atoms with van der Waals surface area (Å²) in [4.78, 5) is 14.3. The van der Waals surface area contributed by atoms with Gasteiger partial charge in [0.05, 0.1) is 6.10 Å². The second-order valence-corrected chi connectivity index (χ2v) is 6.57. The van der Waals surface area contributed by atoms with Crippen molar-refractivity contribution in [1.82, 2.24) is 15.5 Å². The molecule has 5 heteroatoms. The van der Waals surface area contributed by atoms with Crippen molar-refractivity contribution in [2.45, 2.75) is 25.5 Å². The SMILES string of the molecule is COC1CCN(CCNC(=O)NCc2ccc3ccccc3c2)CC1. The highest BCUT2D eigenvalue weighted by Gasteiger charge is 2.18. The van der Waals surface area contributed by atoms with Gasteiger partial charge < -0.3 is 20.3 Å². The zero-order valence-electron chi connectivity index (χ0n) is 14.8. The molecule has 1 heterocycles. The zero-order chi connectivity index (χ0) is 17.5. The Kier molecular flexibility index (Phi) is 6.25. The first-order valence-corrected chi connectivity index (χ1v) is 8.99. The molecule has 0 saturated carbocycles. The number of rotatable bonds is 6. The average Bonchev–Trinajstić information content (AvgIpc) is 2.67. The Labute approximate surface area is 149 Å². The van der Waals surface area contributed by atoms with Gasteiger partial charge >= 0.3 is 6.03 Å². The lowest BCUT2D eigenvalue weighted by atomic mass is 10.1. The molecule has 2 aromatic carbocycles. The van der Waals surface area contributed by atoms with Crippen molar-refractivity contribution in [3.63, 3.8) is 0 Å². The van der Waals surface area contributed by atoms with Crippen LogP contribution in [0.3, 0.4) is 0 Å². The highest BCUT2D eigenvalue weighted by Crippen LogP contribution is 2.15. The van der Waals surface area contributed by atoms with E-state index in [9.17, 15) is 4.79 Å². The fourth-order valence-electron chi connectivity index (χ4n) is 3.29. The van der Waals surface area contributed by atoms with Gasteiger partial charge in [-0.2, -0.15) is 0 Å². The van der Waals surface area contributed by atoms with E-state index in [0.717, 1.165) is 38.0 Å². The van der Waals surface area contributed by atoms with Crippen LogP contribution in [0, 0.1) is 0 Å². The number of piperidine rings is 1. The lowest BCUT2D eigenvalue weighted by Crippen LogP contribution is -2.43. The largest absolute Gasteiger partial charge is 0.381 e. The van der Waals surface area contributed by atoms with Gasteiger partial charge in [0.25, 0.3) is 0 Å². The number of carbonyl (C=O) groups is 1. The van der Waals surface area contributed by atoms with Crippen LogP contribution in [0.2, 0.25) is 0 Å². The minimum Gasteiger partial charge on any atom is -0.381 e. The van der Waals surface area contributed by atoms with Crippen LogP contribution < -0.4 is 10.6 Å². The van der Waals surface area contributed by atoms with Crippen LogP contribution in [0.4, 0.5) is 4.79 Å². The third-order valence-electron chi connectivity index (χ3n) is 4.85. The predicted octanol–water partition coefficient (Wildman–Crippen LogP) is 2.75. The number of methoxy groups -OCH3 is 1. The first kappa shape index (κ1) is 17.7. The first-order chi connectivity index (χ1) is 12.2. The summed E-state index contributed by atoms with van der Waals surface area (Å²) < 4.78 is 5.38. The topological polar surface area (TPSA) is 53.6 Å². The van der Waals surface area contributed by atoms with Gasteiger partial charge in [-0.15, -0.1) is 0 Å². The molecule has 0 radical (unpaired) electrons. The maximum atomic E-state index is 12.0. The monoisotopic (exact) mass is 341 g/mol. The van der Waals surface area contributed by atoms with E-state index in [4.69, 9.17) is 4.74 Å². The summed E-state index contributed by atoms with van der Waals surface area (Å²) in [6, 6.07) is 14.4. The van der Waals surface area contributed by atoms with Crippen molar-refractivity contribution < 1.29 is 9.53 Å². The van der Waals surface area contributed by atoms with Crippen molar-refractivity contribution >= 4 is 16.8 Å². The molecular weight excluding hydrogens is 314 g/mol. The molecule has 1 fully saturated rings. The number of nitrogens with one attached hydrogen (secondary N) is 2. The number of fused-ring (bicyclic) bond motifs is 1. The standard InChI is InChI=1S/C20H27N3O2/c1-25-19-8-11-23(12-9-19)13-10-21-20(24)22-15-16-6-7-17-4-2-3-5-18(17)14-16/h2-7,14,19H,8-13,15H2,1H3,(H2,21,22,24). The Morgan fingerprint density at radius 3 is 2.64 bits per heavy atom. The molecule has 2 amide bonds. The molecule has 1 aliphatic heterocycles. The molecule has 0 spiro atoms. The number of amides is 2. The van der Waals surface area contributed by atoms with Gasteiger partial charge in [0.2, 0.25) is 0 Å². The van der Waals surface area contributed by atoms with Crippen molar-refractivity contribution in [1.29, 1.82) is 0 Å². The quantitative estimate of drug-likeness (QED) is 0.849. The molecule has 1 saturated heterocycles. The smallest absolute Gasteiger partial charge is 0.315 e. The highest BCUT2D eigenvalue weighted by atomic mass is 16.5. The van der Waals surface area contributed by atoms with Crippen LogP contribution in [0.1, 0.15) is 18.4 Å². The van der Waals surface area contributed by atoms with Gasteiger partial charge in [-0.05, 0) is 35.2 Å². The number of carbonyl (C=O) groups excluding carboxylic acids is 1. The van der Waals surface area contributed by atoms with Crippen molar-refractivity contribution in [3.05, 3.63) is 48.0 Å². The van der Waals surface area contributed by atoms with Crippen LogP contribution in [0.5, 0.6) is 0 Å². The number of ether oxygens (including phenoxy) is 1. The molecule has 25 heavy (non-hydrogen) atoms. The van der Waals surface area contributed by atoms with Gasteiger partial charge in [0.15, 0.2) is 0 Å². The molecule has 0 bridgehead atoms. The Morgan fingerprint density at radius 2 is 1.88 bits per heavy atom. The van der Waals surface area contributed by atoms with E-state index in [1.165, 1.54) is 10.8 Å². The third kappa shape index (κ3) is 5.18. The van der Waals surface area contributed by atoms with Gasteiger partial charge in [-0.25, -0.2) is 4.79 Å². The average molecular weight is 341 g/mol. The van der Waals surface area contributed by atoms with Crippen molar-refractivity contribution in [2.24, 2.45) is 0 Å². The minimum atomic E-state index is -0.111. The van der Waals surface area contributed by atoms with Crippen LogP contribution >= 0.6 is 0 Å². The third-order valence-corrected chi connectivity index (χ3v) is 4.85. The van der Waals surface area contributed by atoms with E-state index in [2.05, 4.69) is 45.9 Å². The van der Waals surface area contributed by atoms with Gasteiger partial charge in [-0.3, -0.25) is 0 Å². The van der Waals surface area contributed by atoms with E-state index < -0.39 is 0 Å². The van der Waals surface area contributed by atoms with Gasteiger partial charge in [0, 0.05) is 39.8 Å². The van der Waals surface area contributed by atoms with E-state index in [1.807, 2.05) is 12.1 Å². The van der Waals surface area contributed by atoms with Crippen molar-refractivity contribution in [3.8, 4) is 0 Å². The van der Waals surface area contributed by atoms with E-state index in [0.29, 0.717) is 19.2 Å². The number of hydrogen-bond donors (Lipinski definition) is 2. The van der Waals surface area contributed by atoms with Crippen LogP contribution in [-0.4, -0.2) is 50.3 Å². The molecule has 5 nitrogen and oxygen atoms in total. The normalized spacial score (nSPS) is 16.0. The molecule has 1 aliphatic rings. The minimum absolute atomic E-state index is 0.111. The Balaban J connectivity index is 1.36. The molecule has 2 aromatic rings. The maximum absolute atomic E-state index is 12.0. The number of hydrogen-bond acceptors (Lipinski definition) is 3. The lowest BCUT2D eigenvalue weighted by Gasteiger charge is -2.31. The molecule has 2 N–H and O–H groups in total. The number of nitrogens with zero attached hydrogens (tertiary/aromatic N) is 1. The van der Waals surface area contributed by atoms with Gasteiger partial charge in [0.1, 0.15) is 0 Å². The molecule has 0 aromatic heterocycles. The fraction of sp³-hybridized carbons (Fsp3) is 0.450. The molecule has 3 rings (SSSR count).